The van der Waals surface area contributed by atoms with Gasteiger partial charge in [-0.15, -0.1) is 0 Å². The zero-order chi connectivity index (χ0) is 21.3. The number of benzene rings is 1. The van der Waals surface area contributed by atoms with Gasteiger partial charge in [0.2, 0.25) is 5.91 Å². The monoisotopic (exact) mass is 403 g/mol. The third kappa shape index (κ3) is 4.20. The van der Waals surface area contributed by atoms with E-state index < -0.39 is 0 Å². The Bertz CT molecular complexity index is 1210. The molecule has 0 aliphatic heterocycles. The van der Waals surface area contributed by atoms with Gasteiger partial charge < -0.3 is 5.32 Å². The molecule has 0 atom stereocenters. The van der Waals surface area contributed by atoms with E-state index in [4.69, 9.17) is 4.98 Å². The lowest BCUT2D eigenvalue weighted by molar-refractivity contribution is -0.117. The lowest BCUT2D eigenvalue weighted by Crippen LogP contribution is -2.20. The van der Waals surface area contributed by atoms with Gasteiger partial charge in [-0.2, -0.15) is 5.10 Å². The molecule has 6 nitrogen and oxygen atoms in total. The second-order valence-electron chi connectivity index (χ2n) is 8.32. The van der Waals surface area contributed by atoms with Crippen molar-refractivity contribution in [3.8, 4) is 22.5 Å². The highest BCUT2D eigenvalue weighted by Gasteiger charge is 2.19. The molecule has 1 amide bonds. The molecule has 3 heterocycles. The Balaban J connectivity index is 1.79. The summed E-state index contributed by atoms with van der Waals surface area (Å²) in [6.07, 6.45) is 3.70. The molecule has 3 aromatic heterocycles. The third-order valence-corrected chi connectivity index (χ3v) is 4.50. The molecule has 0 spiro atoms. The Morgan fingerprint density at radius 3 is 2.57 bits per heavy atom. The number of anilines is 1. The van der Waals surface area contributed by atoms with Gasteiger partial charge in [0.05, 0.1) is 5.69 Å². The molecule has 0 bridgehead atoms. The quantitative estimate of drug-likeness (QED) is 0.522. The Hall–Kier alpha value is -3.61. The number of rotatable bonds is 4. The topological polar surface area (TPSA) is 72.2 Å². The second-order valence-corrected chi connectivity index (χ2v) is 8.32. The summed E-state index contributed by atoms with van der Waals surface area (Å²) >= 11 is 0. The first kappa shape index (κ1) is 19.7. The molecule has 1 N–H and O–H groups in total. The van der Waals surface area contributed by atoms with E-state index >= 15 is 0 Å². The third-order valence-electron chi connectivity index (χ3n) is 4.50. The summed E-state index contributed by atoms with van der Waals surface area (Å²) in [5.74, 6) is 0.0507. The summed E-state index contributed by atoms with van der Waals surface area (Å²) in [5.41, 5.74) is 3.52. The number of carbonyl (C=O) groups is 1. The van der Waals surface area contributed by atoms with E-state index in [0.29, 0.717) is 23.6 Å². The maximum atomic E-state index is 13.4. The molecule has 152 valence electrons. The number of pyridine rings is 1. The Morgan fingerprint density at radius 2 is 1.83 bits per heavy atom. The Labute approximate surface area is 173 Å². The zero-order valence-corrected chi connectivity index (χ0v) is 17.1. The van der Waals surface area contributed by atoms with Gasteiger partial charge in [0.25, 0.3) is 0 Å². The van der Waals surface area contributed by atoms with Crippen molar-refractivity contribution in [2.45, 2.75) is 27.2 Å². The molecule has 0 unspecified atom stereocenters. The number of fused-ring (bicyclic) bond motifs is 1. The van der Waals surface area contributed by atoms with Crippen LogP contribution in [0.3, 0.4) is 0 Å². The normalized spacial score (nSPS) is 11.6. The van der Waals surface area contributed by atoms with Crippen LogP contribution in [0.25, 0.3) is 28.2 Å². The van der Waals surface area contributed by atoms with Crippen LogP contribution in [0.5, 0.6) is 0 Å². The molecule has 0 saturated carbocycles. The number of hydrogen-bond acceptors (Lipinski definition) is 4. The van der Waals surface area contributed by atoms with Gasteiger partial charge >= 0.3 is 0 Å². The van der Waals surface area contributed by atoms with Gasteiger partial charge in [0.15, 0.2) is 5.65 Å². The number of amides is 1. The number of nitrogens with one attached hydrogen (secondary N) is 1. The minimum Gasteiger partial charge on any atom is -0.311 e. The molecule has 4 rings (SSSR count). The van der Waals surface area contributed by atoms with Crippen LogP contribution >= 0.6 is 0 Å². The average Bonchev–Trinajstić information content (AvgIpc) is 3.06. The molecular weight excluding hydrogens is 381 g/mol. The summed E-state index contributed by atoms with van der Waals surface area (Å²) in [5, 5.41) is 7.30. The minimum atomic E-state index is -0.310. The van der Waals surface area contributed by atoms with Crippen LogP contribution in [-0.4, -0.2) is 25.5 Å². The van der Waals surface area contributed by atoms with E-state index in [9.17, 15) is 9.18 Å². The van der Waals surface area contributed by atoms with Crippen molar-refractivity contribution in [3.05, 3.63) is 66.7 Å². The molecule has 4 aromatic rings. The molecule has 30 heavy (non-hydrogen) atoms. The number of halogens is 1. The lowest BCUT2D eigenvalue weighted by atomic mass is 9.92. The highest BCUT2D eigenvalue weighted by atomic mass is 19.1. The van der Waals surface area contributed by atoms with E-state index in [-0.39, 0.29) is 17.1 Å². The van der Waals surface area contributed by atoms with Crippen LogP contribution in [0.15, 0.2) is 60.9 Å². The van der Waals surface area contributed by atoms with E-state index in [2.05, 4.69) is 15.4 Å². The molecule has 0 fully saturated rings. The number of hydrogen-bond donors (Lipinski definition) is 1. The van der Waals surface area contributed by atoms with Crippen molar-refractivity contribution >= 4 is 17.4 Å². The van der Waals surface area contributed by atoms with Gasteiger partial charge in [-0.25, -0.2) is 18.9 Å². The Morgan fingerprint density at radius 1 is 1.07 bits per heavy atom. The van der Waals surface area contributed by atoms with Crippen LogP contribution in [0.2, 0.25) is 0 Å². The van der Waals surface area contributed by atoms with E-state index in [0.717, 1.165) is 16.8 Å². The molecular formula is C23H22FN5O. The fraction of sp³-hybridized carbons (Fsp3) is 0.217. The standard InChI is InChI=1S/C23H22FN5O/c1-23(2,3)14-20(30)27-18-13-16(10-12-25-18)22-21(15-6-8-17(24)9-7-15)28-19-5-4-11-26-29(19)22/h4-13H,14H2,1-3H3,(H,25,27,30). The summed E-state index contributed by atoms with van der Waals surface area (Å²) in [6.45, 7) is 6.03. The number of nitrogens with zero attached hydrogens (tertiary/aromatic N) is 4. The summed E-state index contributed by atoms with van der Waals surface area (Å²) in [4.78, 5) is 21.3. The smallest absolute Gasteiger partial charge is 0.226 e. The molecule has 0 saturated heterocycles. The Kier molecular flexibility index (Phi) is 5.03. The van der Waals surface area contributed by atoms with Gasteiger partial charge in [-0.05, 0) is 53.9 Å². The predicted octanol–water partition coefficient (Wildman–Crippen LogP) is 4.97. The van der Waals surface area contributed by atoms with Crippen molar-refractivity contribution < 1.29 is 9.18 Å². The lowest BCUT2D eigenvalue weighted by Gasteiger charge is -2.17. The average molecular weight is 403 g/mol. The van der Waals surface area contributed by atoms with Crippen LogP contribution in [0, 0.1) is 11.2 Å². The molecule has 0 radical (unpaired) electrons. The van der Waals surface area contributed by atoms with Crippen LogP contribution < -0.4 is 5.32 Å². The van der Waals surface area contributed by atoms with Crippen molar-refractivity contribution in [3.63, 3.8) is 0 Å². The predicted molar refractivity (Wildman–Crippen MR) is 114 cm³/mol. The highest BCUT2D eigenvalue weighted by molar-refractivity contribution is 5.91. The van der Waals surface area contributed by atoms with E-state index in [1.165, 1.54) is 12.1 Å². The van der Waals surface area contributed by atoms with Crippen molar-refractivity contribution in [2.75, 3.05) is 5.32 Å². The van der Waals surface area contributed by atoms with Gasteiger partial charge in [-0.3, -0.25) is 4.79 Å². The van der Waals surface area contributed by atoms with E-state index in [1.807, 2.05) is 39.0 Å². The first-order valence-corrected chi connectivity index (χ1v) is 9.66. The molecule has 1 aromatic carbocycles. The first-order chi connectivity index (χ1) is 14.3. The summed E-state index contributed by atoms with van der Waals surface area (Å²) in [7, 11) is 0. The minimum absolute atomic E-state index is 0.0952. The van der Waals surface area contributed by atoms with E-state index in [1.54, 1.807) is 35.1 Å². The van der Waals surface area contributed by atoms with Crippen LogP contribution in [-0.2, 0) is 4.79 Å². The summed E-state index contributed by atoms with van der Waals surface area (Å²) in [6, 6.07) is 13.5. The second kappa shape index (κ2) is 7.67. The first-order valence-electron chi connectivity index (χ1n) is 9.66. The van der Waals surface area contributed by atoms with Crippen LogP contribution in [0.1, 0.15) is 27.2 Å². The number of imidazole rings is 1. The van der Waals surface area contributed by atoms with Gasteiger partial charge in [0.1, 0.15) is 17.3 Å². The maximum absolute atomic E-state index is 13.4. The van der Waals surface area contributed by atoms with Gasteiger partial charge in [-0.1, -0.05) is 20.8 Å². The highest BCUT2D eigenvalue weighted by Crippen LogP contribution is 2.33. The van der Waals surface area contributed by atoms with Crippen molar-refractivity contribution in [2.24, 2.45) is 5.41 Å². The fourth-order valence-corrected chi connectivity index (χ4v) is 3.27. The van der Waals surface area contributed by atoms with Crippen molar-refractivity contribution in [1.82, 2.24) is 19.6 Å². The summed E-state index contributed by atoms with van der Waals surface area (Å²) < 4.78 is 15.2. The van der Waals surface area contributed by atoms with Crippen molar-refractivity contribution in [1.29, 1.82) is 0 Å². The number of carbonyl (C=O) groups excluding carboxylic acids is 1. The molecule has 7 heteroatoms. The van der Waals surface area contributed by atoms with Crippen LogP contribution in [0.4, 0.5) is 10.2 Å². The number of aromatic nitrogens is 4. The zero-order valence-electron chi connectivity index (χ0n) is 17.1. The van der Waals surface area contributed by atoms with Gasteiger partial charge in [0, 0.05) is 29.9 Å². The fourth-order valence-electron chi connectivity index (χ4n) is 3.27. The molecule has 0 aliphatic rings. The SMILES string of the molecule is CC(C)(C)CC(=O)Nc1cc(-c2c(-c3ccc(F)cc3)nc3cccnn23)ccn1. The largest absolute Gasteiger partial charge is 0.311 e. The molecule has 0 aliphatic carbocycles. The maximum Gasteiger partial charge on any atom is 0.226 e.